The summed E-state index contributed by atoms with van der Waals surface area (Å²) in [5, 5.41) is 3.18. The van der Waals surface area contributed by atoms with Crippen molar-refractivity contribution in [1.29, 1.82) is 0 Å². The van der Waals surface area contributed by atoms with Crippen molar-refractivity contribution in [3.05, 3.63) is 51.9 Å². The standard InChI is InChI=1S/C24H23F5N4O4S2/c1-12-9-30-5-6-32(12)22-16-8-17(24(27,28)29)19(15-4-3-13(25)7-18(15)26)21-20(16)33(23(34)31-22)10-14(11-38-21)37-39(2,35)36/h3-4,7-8,12,14,30H,5-6,9-11H2,1-2H3/t12-,14-/m0/s1. The predicted molar refractivity (Wildman–Crippen MR) is 136 cm³/mol. The Balaban J connectivity index is 1.90. The second-order valence-corrected chi connectivity index (χ2v) is 12.1. The maximum atomic E-state index is 15.0. The van der Waals surface area contributed by atoms with Gasteiger partial charge in [-0.2, -0.15) is 26.6 Å². The SMILES string of the molecule is C[C@H]1CNCCN1c1nc(=O)n2c3c(c(-c4ccc(F)cc4F)c(C(F)(F)F)cc13)SC[C@@H](OS(C)(=O)=O)C2. The van der Waals surface area contributed by atoms with Gasteiger partial charge in [0.25, 0.3) is 10.1 Å². The summed E-state index contributed by atoms with van der Waals surface area (Å²) < 4.78 is 103. The number of hydrogen-bond donors (Lipinski definition) is 1. The van der Waals surface area contributed by atoms with Crippen LogP contribution in [0.5, 0.6) is 0 Å². The highest BCUT2D eigenvalue weighted by atomic mass is 32.2. The number of rotatable bonds is 4. The van der Waals surface area contributed by atoms with Crippen LogP contribution < -0.4 is 15.9 Å². The molecule has 2 aliphatic heterocycles. The fourth-order valence-electron chi connectivity index (χ4n) is 5.00. The van der Waals surface area contributed by atoms with Crippen molar-refractivity contribution >= 4 is 38.6 Å². The Morgan fingerprint density at radius 3 is 2.59 bits per heavy atom. The van der Waals surface area contributed by atoms with Gasteiger partial charge in [0.05, 0.1) is 23.9 Å². The van der Waals surface area contributed by atoms with Gasteiger partial charge >= 0.3 is 11.9 Å². The number of nitrogens with zero attached hydrogens (tertiary/aromatic N) is 3. The molecule has 2 aromatic carbocycles. The minimum atomic E-state index is -4.97. The molecule has 5 rings (SSSR count). The van der Waals surface area contributed by atoms with Crippen molar-refractivity contribution in [1.82, 2.24) is 14.9 Å². The molecule has 0 spiro atoms. The van der Waals surface area contributed by atoms with Gasteiger partial charge in [-0.05, 0) is 25.1 Å². The molecule has 1 aromatic heterocycles. The van der Waals surface area contributed by atoms with E-state index in [0.717, 1.165) is 40.8 Å². The van der Waals surface area contributed by atoms with Gasteiger partial charge in [0.2, 0.25) is 0 Å². The molecule has 210 valence electrons. The summed E-state index contributed by atoms with van der Waals surface area (Å²) in [5.74, 6) is -2.31. The average Bonchev–Trinajstić information content (AvgIpc) is 3.01. The van der Waals surface area contributed by atoms with Crippen LogP contribution in [0, 0.1) is 11.6 Å². The van der Waals surface area contributed by atoms with E-state index in [2.05, 4.69) is 10.3 Å². The maximum absolute atomic E-state index is 15.0. The fraction of sp³-hybridized carbons (Fsp3) is 0.417. The molecule has 0 saturated carbocycles. The maximum Gasteiger partial charge on any atom is 0.417 e. The number of thioether (sulfide) groups is 1. The Kier molecular flexibility index (Phi) is 7.14. The largest absolute Gasteiger partial charge is 0.417 e. The first-order valence-corrected chi connectivity index (χ1v) is 14.7. The molecule has 15 heteroatoms. The van der Waals surface area contributed by atoms with E-state index in [9.17, 15) is 30.8 Å². The molecule has 0 aliphatic carbocycles. The van der Waals surface area contributed by atoms with Gasteiger partial charge in [0.15, 0.2) is 0 Å². The van der Waals surface area contributed by atoms with Crippen LogP contribution in [-0.2, 0) is 27.0 Å². The number of nitrogens with one attached hydrogen (secondary N) is 1. The van der Waals surface area contributed by atoms with Crippen molar-refractivity contribution in [2.24, 2.45) is 0 Å². The van der Waals surface area contributed by atoms with Gasteiger partial charge < -0.3 is 10.2 Å². The monoisotopic (exact) mass is 590 g/mol. The quantitative estimate of drug-likeness (QED) is 0.364. The third-order valence-corrected chi connectivity index (χ3v) is 8.43. The van der Waals surface area contributed by atoms with Crippen LogP contribution in [-0.4, -0.2) is 61.8 Å². The van der Waals surface area contributed by atoms with E-state index in [1.54, 1.807) is 4.90 Å². The van der Waals surface area contributed by atoms with E-state index in [1.807, 2.05) is 6.92 Å². The molecule has 3 heterocycles. The van der Waals surface area contributed by atoms with Crippen LogP contribution in [0.15, 0.2) is 34.0 Å². The van der Waals surface area contributed by atoms with Crippen LogP contribution in [0.25, 0.3) is 22.0 Å². The van der Waals surface area contributed by atoms with E-state index in [-0.39, 0.29) is 40.0 Å². The highest BCUT2D eigenvalue weighted by Gasteiger charge is 2.39. The van der Waals surface area contributed by atoms with E-state index < -0.39 is 56.4 Å². The Morgan fingerprint density at radius 2 is 1.95 bits per heavy atom. The normalized spacial score (nSPS) is 20.3. The zero-order valence-electron chi connectivity index (χ0n) is 20.7. The summed E-state index contributed by atoms with van der Waals surface area (Å²) in [4.78, 5) is 19.2. The number of anilines is 1. The average molecular weight is 591 g/mol. The van der Waals surface area contributed by atoms with Gasteiger partial charge in [-0.3, -0.25) is 8.75 Å². The first-order chi connectivity index (χ1) is 18.2. The number of benzene rings is 2. The molecular weight excluding hydrogens is 567 g/mol. The van der Waals surface area contributed by atoms with Gasteiger partial charge in [-0.25, -0.2) is 13.6 Å². The topological polar surface area (TPSA) is 93.5 Å². The summed E-state index contributed by atoms with van der Waals surface area (Å²) in [7, 11) is -3.99. The third-order valence-electron chi connectivity index (χ3n) is 6.59. The molecule has 1 fully saturated rings. The van der Waals surface area contributed by atoms with Crippen LogP contribution >= 0.6 is 11.8 Å². The third kappa shape index (κ3) is 5.36. The predicted octanol–water partition coefficient (Wildman–Crippen LogP) is 3.61. The fourth-order valence-corrected chi connectivity index (χ4v) is 6.96. The Hall–Kier alpha value is -2.75. The van der Waals surface area contributed by atoms with Crippen molar-refractivity contribution in [3.8, 4) is 11.1 Å². The Bertz CT molecular complexity index is 1630. The summed E-state index contributed by atoms with van der Waals surface area (Å²) >= 11 is 0.812. The summed E-state index contributed by atoms with van der Waals surface area (Å²) in [6.07, 6.45) is -5.27. The highest BCUT2D eigenvalue weighted by Crippen LogP contribution is 2.49. The van der Waals surface area contributed by atoms with E-state index in [0.29, 0.717) is 25.7 Å². The molecule has 0 bridgehead atoms. The van der Waals surface area contributed by atoms with Crippen LogP contribution in [0.3, 0.4) is 0 Å². The molecule has 2 aliphatic rings. The van der Waals surface area contributed by atoms with Crippen molar-refractivity contribution in [3.63, 3.8) is 0 Å². The van der Waals surface area contributed by atoms with Crippen LogP contribution in [0.2, 0.25) is 0 Å². The summed E-state index contributed by atoms with van der Waals surface area (Å²) in [6.45, 7) is 2.90. The van der Waals surface area contributed by atoms with Crippen molar-refractivity contribution in [2.45, 2.75) is 36.7 Å². The molecule has 39 heavy (non-hydrogen) atoms. The lowest BCUT2D eigenvalue weighted by molar-refractivity contribution is -0.137. The molecule has 0 amide bonds. The van der Waals surface area contributed by atoms with E-state index in [1.165, 1.54) is 0 Å². The highest BCUT2D eigenvalue weighted by molar-refractivity contribution is 7.99. The Labute approximate surface area is 224 Å². The second kappa shape index (κ2) is 10.0. The number of piperazine rings is 1. The lowest BCUT2D eigenvalue weighted by Crippen LogP contribution is -2.51. The van der Waals surface area contributed by atoms with Gasteiger partial charge in [-0.15, -0.1) is 11.8 Å². The minimum Gasteiger partial charge on any atom is -0.351 e. The Morgan fingerprint density at radius 1 is 1.21 bits per heavy atom. The zero-order chi connectivity index (χ0) is 28.3. The lowest BCUT2D eigenvalue weighted by Gasteiger charge is -2.36. The summed E-state index contributed by atoms with van der Waals surface area (Å²) in [5.41, 5.74) is -3.05. The molecule has 0 radical (unpaired) electrons. The summed E-state index contributed by atoms with van der Waals surface area (Å²) in [6, 6.07) is 2.87. The van der Waals surface area contributed by atoms with Gasteiger partial charge in [0.1, 0.15) is 23.6 Å². The molecular formula is C24H23F5N4O4S2. The number of aromatic nitrogens is 2. The molecule has 3 aromatic rings. The van der Waals surface area contributed by atoms with Gasteiger partial charge in [-0.1, -0.05) is 0 Å². The molecule has 1 N–H and O–H groups in total. The van der Waals surface area contributed by atoms with Gasteiger partial charge in [0, 0.05) is 58.9 Å². The number of alkyl halides is 3. The van der Waals surface area contributed by atoms with E-state index in [4.69, 9.17) is 4.18 Å². The number of hydrogen-bond acceptors (Lipinski definition) is 8. The first-order valence-electron chi connectivity index (χ1n) is 11.9. The molecule has 2 atom stereocenters. The lowest BCUT2D eigenvalue weighted by atomic mass is 9.95. The van der Waals surface area contributed by atoms with Crippen molar-refractivity contribution < 1.29 is 34.6 Å². The van der Waals surface area contributed by atoms with Crippen LogP contribution in [0.1, 0.15) is 12.5 Å². The minimum absolute atomic E-state index is 0.00412. The zero-order valence-corrected chi connectivity index (χ0v) is 22.3. The number of halogens is 5. The van der Waals surface area contributed by atoms with Crippen LogP contribution in [0.4, 0.5) is 27.8 Å². The molecule has 1 saturated heterocycles. The molecule has 8 nitrogen and oxygen atoms in total. The van der Waals surface area contributed by atoms with E-state index >= 15 is 4.39 Å². The second-order valence-electron chi connectivity index (χ2n) is 9.45. The molecule has 0 unspecified atom stereocenters. The van der Waals surface area contributed by atoms with Crippen molar-refractivity contribution in [2.75, 3.05) is 36.5 Å². The smallest absolute Gasteiger partial charge is 0.351 e. The first kappa shape index (κ1) is 27.8.